The van der Waals surface area contributed by atoms with Gasteiger partial charge in [-0.25, -0.2) is 4.99 Å². The summed E-state index contributed by atoms with van der Waals surface area (Å²) in [5.41, 5.74) is 6.35. The van der Waals surface area contributed by atoms with Crippen molar-refractivity contribution in [2.75, 3.05) is 14.2 Å². The normalized spacial score (nSPS) is 18.9. The first kappa shape index (κ1) is 12.2. The molecule has 1 unspecified atom stereocenters. The van der Waals surface area contributed by atoms with Crippen LogP contribution in [0.4, 0.5) is 0 Å². The van der Waals surface area contributed by atoms with E-state index < -0.39 is 0 Å². The number of carbonyl (C=O) groups excluding carboxylic acids is 1. The smallest absolute Gasteiger partial charge is 0.229 e. The van der Waals surface area contributed by atoms with Gasteiger partial charge in [-0.15, -0.1) is 0 Å². The van der Waals surface area contributed by atoms with Gasteiger partial charge in [-0.2, -0.15) is 0 Å². The molecule has 1 amide bonds. The lowest BCUT2D eigenvalue weighted by Gasteiger charge is -2.21. The molecule has 0 saturated carbocycles. The third-order valence-electron chi connectivity index (χ3n) is 2.74. The molecule has 3 N–H and O–H groups in total. The van der Waals surface area contributed by atoms with Crippen molar-refractivity contribution in [3.8, 4) is 11.5 Å². The van der Waals surface area contributed by atoms with Crippen molar-refractivity contribution in [3.05, 3.63) is 23.8 Å². The number of amides is 1. The van der Waals surface area contributed by atoms with Gasteiger partial charge in [-0.1, -0.05) is 0 Å². The van der Waals surface area contributed by atoms with E-state index >= 15 is 0 Å². The lowest BCUT2D eigenvalue weighted by Crippen LogP contribution is -2.41. The number of rotatable bonds is 3. The van der Waals surface area contributed by atoms with Crippen LogP contribution in [0.15, 0.2) is 23.2 Å². The number of nitrogens with two attached hydrogens (primary N) is 1. The molecule has 0 fully saturated rings. The average Bonchev–Trinajstić information content (AvgIpc) is 2.36. The fraction of sp³-hybridized carbons (Fsp3) is 0.333. The van der Waals surface area contributed by atoms with Crippen LogP contribution in [0, 0.1) is 0 Å². The van der Waals surface area contributed by atoms with Crippen molar-refractivity contribution in [3.63, 3.8) is 0 Å². The van der Waals surface area contributed by atoms with E-state index in [1.165, 1.54) is 0 Å². The number of benzene rings is 1. The molecule has 96 valence electrons. The lowest BCUT2D eigenvalue weighted by atomic mass is 10.0. The fourth-order valence-corrected chi connectivity index (χ4v) is 1.89. The molecule has 1 aliphatic heterocycles. The summed E-state index contributed by atoms with van der Waals surface area (Å²) in [6.07, 6.45) is 0.240. The number of aliphatic imine (C=N–C) groups is 1. The topological polar surface area (TPSA) is 85.9 Å². The van der Waals surface area contributed by atoms with Crippen LogP contribution in [0.25, 0.3) is 0 Å². The van der Waals surface area contributed by atoms with Crippen LogP contribution >= 0.6 is 0 Å². The maximum absolute atomic E-state index is 11.5. The zero-order valence-corrected chi connectivity index (χ0v) is 10.3. The Balaban J connectivity index is 2.42. The van der Waals surface area contributed by atoms with Crippen molar-refractivity contribution in [2.45, 2.75) is 12.5 Å². The van der Waals surface area contributed by atoms with E-state index in [2.05, 4.69) is 10.3 Å². The summed E-state index contributed by atoms with van der Waals surface area (Å²) in [4.78, 5) is 15.7. The van der Waals surface area contributed by atoms with E-state index in [9.17, 15) is 4.79 Å². The zero-order valence-electron chi connectivity index (χ0n) is 10.3. The maximum Gasteiger partial charge on any atom is 0.229 e. The van der Waals surface area contributed by atoms with Gasteiger partial charge in [0, 0.05) is 5.56 Å². The van der Waals surface area contributed by atoms with Crippen molar-refractivity contribution in [1.29, 1.82) is 0 Å². The SMILES string of the molecule is COc1ccc(OC)c(C2CC(=O)NC(N)=N2)c1. The minimum absolute atomic E-state index is 0.126. The van der Waals surface area contributed by atoms with Crippen molar-refractivity contribution in [1.82, 2.24) is 5.32 Å². The van der Waals surface area contributed by atoms with Gasteiger partial charge < -0.3 is 15.2 Å². The molecule has 1 aliphatic rings. The van der Waals surface area contributed by atoms with Gasteiger partial charge in [0.1, 0.15) is 11.5 Å². The molecule has 1 atom stereocenters. The van der Waals surface area contributed by atoms with Crippen molar-refractivity contribution >= 4 is 11.9 Å². The molecule has 0 aromatic heterocycles. The molecule has 6 nitrogen and oxygen atoms in total. The van der Waals surface area contributed by atoms with Gasteiger partial charge in [-0.3, -0.25) is 10.1 Å². The van der Waals surface area contributed by atoms with E-state index in [0.717, 1.165) is 5.56 Å². The van der Waals surface area contributed by atoms with Crippen LogP contribution in [-0.2, 0) is 4.79 Å². The van der Waals surface area contributed by atoms with Gasteiger partial charge in [0.25, 0.3) is 0 Å². The van der Waals surface area contributed by atoms with Gasteiger partial charge in [0.2, 0.25) is 5.91 Å². The molecule has 1 aromatic carbocycles. The molecule has 6 heteroatoms. The minimum Gasteiger partial charge on any atom is -0.497 e. The Morgan fingerprint density at radius 1 is 1.39 bits per heavy atom. The van der Waals surface area contributed by atoms with Gasteiger partial charge >= 0.3 is 0 Å². The summed E-state index contributed by atoms with van der Waals surface area (Å²) in [5.74, 6) is 1.32. The predicted molar refractivity (Wildman–Crippen MR) is 66.7 cm³/mol. The van der Waals surface area contributed by atoms with Crippen LogP contribution in [0.1, 0.15) is 18.0 Å². The second-order valence-corrected chi connectivity index (χ2v) is 3.89. The summed E-state index contributed by atoms with van der Waals surface area (Å²) in [6.45, 7) is 0. The molecule has 0 aliphatic carbocycles. The first-order valence-corrected chi connectivity index (χ1v) is 5.49. The van der Waals surface area contributed by atoms with Gasteiger partial charge in [0.15, 0.2) is 5.96 Å². The molecule has 1 heterocycles. The van der Waals surface area contributed by atoms with Gasteiger partial charge in [-0.05, 0) is 18.2 Å². The number of nitrogens with zero attached hydrogens (tertiary/aromatic N) is 1. The first-order chi connectivity index (χ1) is 8.63. The molecule has 0 radical (unpaired) electrons. The van der Waals surface area contributed by atoms with E-state index in [1.54, 1.807) is 32.4 Å². The third kappa shape index (κ3) is 2.37. The van der Waals surface area contributed by atoms with Crippen LogP contribution in [0.3, 0.4) is 0 Å². The zero-order chi connectivity index (χ0) is 13.1. The highest BCUT2D eigenvalue weighted by molar-refractivity contribution is 5.98. The summed E-state index contributed by atoms with van der Waals surface area (Å²) in [5, 5.41) is 2.46. The monoisotopic (exact) mass is 249 g/mol. The van der Waals surface area contributed by atoms with Gasteiger partial charge in [0.05, 0.1) is 26.7 Å². The van der Waals surface area contributed by atoms with Crippen LogP contribution < -0.4 is 20.5 Å². The molecule has 0 saturated heterocycles. The number of carbonyl (C=O) groups is 1. The molecule has 0 bridgehead atoms. The van der Waals surface area contributed by atoms with Crippen LogP contribution in [-0.4, -0.2) is 26.1 Å². The van der Waals surface area contributed by atoms with E-state index in [0.29, 0.717) is 11.5 Å². The quantitative estimate of drug-likeness (QED) is 0.820. The van der Waals surface area contributed by atoms with E-state index in [1.807, 2.05) is 0 Å². The Hall–Kier alpha value is -2.24. The molecule has 18 heavy (non-hydrogen) atoms. The molecule has 0 spiro atoms. The summed E-state index contributed by atoms with van der Waals surface area (Å²) < 4.78 is 10.4. The highest BCUT2D eigenvalue weighted by atomic mass is 16.5. The second kappa shape index (κ2) is 4.95. The average molecular weight is 249 g/mol. The Kier molecular flexibility index (Phi) is 3.36. The summed E-state index contributed by atoms with van der Waals surface area (Å²) in [7, 11) is 3.15. The predicted octanol–water partition coefficient (Wildman–Crippen LogP) is 0.579. The number of nitrogens with one attached hydrogen (secondary N) is 1. The Bertz CT molecular complexity index is 499. The minimum atomic E-state index is -0.344. The third-order valence-corrected chi connectivity index (χ3v) is 2.74. The lowest BCUT2D eigenvalue weighted by molar-refractivity contribution is -0.120. The number of methoxy groups -OCH3 is 2. The Morgan fingerprint density at radius 2 is 2.17 bits per heavy atom. The Morgan fingerprint density at radius 3 is 2.78 bits per heavy atom. The van der Waals surface area contributed by atoms with Crippen molar-refractivity contribution < 1.29 is 14.3 Å². The Labute approximate surface area is 105 Å². The van der Waals surface area contributed by atoms with E-state index in [-0.39, 0.29) is 24.3 Å². The standard InChI is InChI=1S/C12H15N3O3/c1-17-7-3-4-10(18-2)8(5-7)9-6-11(16)15-12(13)14-9/h3-5,9H,6H2,1-2H3,(H3,13,14,15,16). The highest BCUT2D eigenvalue weighted by Gasteiger charge is 2.24. The number of ether oxygens (including phenoxy) is 2. The molecule has 2 rings (SSSR count). The second-order valence-electron chi connectivity index (χ2n) is 3.89. The maximum atomic E-state index is 11.5. The van der Waals surface area contributed by atoms with Crippen molar-refractivity contribution in [2.24, 2.45) is 10.7 Å². The summed E-state index contributed by atoms with van der Waals surface area (Å²) >= 11 is 0. The van der Waals surface area contributed by atoms with Crippen LogP contribution in [0.5, 0.6) is 11.5 Å². The number of hydrogen-bond donors (Lipinski definition) is 2. The van der Waals surface area contributed by atoms with Crippen LogP contribution in [0.2, 0.25) is 0 Å². The molecule has 1 aromatic rings. The first-order valence-electron chi connectivity index (χ1n) is 5.49. The number of guanidine groups is 1. The van der Waals surface area contributed by atoms with E-state index in [4.69, 9.17) is 15.2 Å². The molecular weight excluding hydrogens is 234 g/mol. The largest absolute Gasteiger partial charge is 0.497 e. The highest BCUT2D eigenvalue weighted by Crippen LogP contribution is 2.34. The fourth-order valence-electron chi connectivity index (χ4n) is 1.89. The summed E-state index contributed by atoms with van der Waals surface area (Å²) in [6, 6.07) is 5.03. The number of hydrogen-bond acceptors (Lipinski definition) is 5. The molecular formula is C12H15N3O3.